The smallest absolute Gasteiger partial charge is 0.324 e. The number of likely N-dealkylation sites (tertiary alicyclic amines) is 1. The lowest BCUT2D eigenvalue weighted by molar-refractivity contribution is -0.136. The molecule has 1 aliphatic rings. The van der Waals surface area contributed by atoms with Crippen LogP contribution in [0.5, 0.6) is 5.75 Å². The number of nitrogens with zero attached hydrogens (tertiary/aromatic N) is 1. The standard InChI is InChI=1S/C11H14NO2/c1-12(8-7-11(12)13)9-3-5-10(14-2)6-4-9/h3-6H,7-8H2,1-2H3/q+1. The number of carbonyl (C=O) groups is 1. The van der Waals surface area contributed by atoms with Crippen LogP contribution >= 0.6 is 0 Å². The first-order chi connectivity index (χ1) is 6.66. The minimum atomic E-state index is 0.287. The molecule has 1 aromatic rings. The minimum absolute atomic E-state index is 0.287. The van der Waals surface area contributed by atoms with Crippen molar-refractivity contribution in [2.75, 3.05) is 20.7 Å². The van der Waals surface area contributed by atoms with Crippen molar-refractivity contribution in [1.82, 2.24) is 4.48 Å². The molecule has 74 valence electrons. The summed E-state index contributed by atoms with van der Waals surface area (Å²) in [5, 5.41) is 0. The molecule has 1 fully saturated rings. The number of quaternary nitrogens is 1. The number of methoxy groups -OCH3 is 1. The fraction of sp³-hybridized carbons (Fsp3) is 0.364. The van der Waals surface area contributed by atoms with Gasteiger partial charge in [0.05, 0.1) is 14.2 Å². The topological polar surface area (TPSA) is 26.3 Å². The van der Waals surface area contributed by atoms with E-state index in [-0.39, 0.29) is 5.91 Å². The van der Waals surface area contributed by atoms with Crippen LogP contribution in [-0.4, -0.2) is 26.6 Å². The van der Waals surface area contributed by atoms with Crippen molar-refractivity contribution in [3.8, 4) is 5.75 Å². The summed E-state index contributed by atoms with van der Waals surface area (Å²) in [4.78, 5) is 11.4. The second kappa shape index (κ2) is 3.10. The summed E-state index contributed by atoms with van der Waals surface area (Å²) in [7, 11) is 3.59. The average Bonchev–Trinajstić information content (AvgIpc) is 2.26. The molecule has 2 rings (SSSR count). The Hall–Kier alpha value is -1.35. The van der Waals surface area contributed by atoms with Gasteiger partial charge in [-0.1, -0.05) is 0 Å². The maximum Gasteiger partial charge on any atom is 0.324 e. The summed E-state index contributed by atoms with van der Waals surface area (Å²) in [6.45, 7) is 0.908. The van der Waals surface area contributed by atoms with Crippen LogP contribution in [0.2, 0.25) is 0 Å². The predicted molar refractivity (Wildman–Crippen MR) is 55.2 cm³/mol. The van der Waals surface area contributed by atoms with Gasteiger partial charge in [0.25, 0.3) is 0 Å². The van der Waals surface area contributed by atoms with Crippen molar-refractivity contribution in [2.24, 2.45) is 0 Å². The van der Waals surface area contributed by atoms with Crippen LogP contribution in [0, 0.1) is 0 Å². The van der Waals surface area contributed by atoms with E-state index in [0.29, 0.717) is 10.9 Å². The number of rotatable bonds is 2. The molecule has 1 aromatic carbocycles. The molecule has 1 heterocycles. The summed E-state index contributed by atoms with van der Waals surface area (Å²) in [5.41, 5.74) is 1.04. The average molecular weight is 192 g/mol. The van der Waals surface area contributed by atoms with Crippen LogP contribution in [0.1, 0.15) is 6.42 Å². The summed E-state index contributed by atoms with van der Waals surface area (Å²) in [5.74, 6) is 1.11. The van der Waals surface area contributed by atoms with Gasteiger partial charge in [-0.3, -0.25) is 0 Å². The van der Waals surface area contributed by atoms with E-state index in [9.17, 15) is 4.79 Å². The molecular formula is C11H14NO2+. The van der Waals surface area contributed by atoms with Gasteiger partial charge in [0.15, 0.2) is 0 Å². The Morgan fingerprint density at radius 3 is 2.29 bits per heavy atom. The van der Waals surface area contributed by atoms with Gasteiger partial charge in [-0.15, -0.1) is 0 Å². The lowest BCUT2D eigenvalue weighted by Crippen LogP contribution is -2.60. The Bertz CT molecular complexity index is 358. The Morgan fingerprint density at radius 2 is 1.93 bits per heavy atom. The zero-order chi connectivity index (χ0) is 10.2. The maximum atomic E-state index is 11.4. The van der Waals surface area contributed by atoms with Crippen LogP contribution in [0.3, 0.4) is 0 Å². The SMILES string of the molecule is COc1ccc([N+]2(C)CCC2=O)cc1. The highest BCUT2D eigenvalue weighted by molar-refractivity contribution is 5.93. The Balaban J connectivity index is 2.29. The fourth-order valence-electron chi connectivity index (χ4n) is 1.72. The molecular weight excluding hydrogens is 178 g/mol. The van der Waals surface area contributed by atoms with E-state index in [1.807, 2.05) is 31.3 Å². The number of benzene rings is 1. The number of ether oxygens (including phenoxy) is 1. The Morgan fingerprint density at radius 1 is 1.29 bits per heavy atom. The molecule has 1 atom stereocenters. The van der Waals surface area contributed by atoms with E-state index >= 15 is 0 Å². The minimum Gasteiger partial charge on any atom is -0.497 e. The van der Waals surface area contributed by atoms with Crippen molar-refractivity contribution in [3.05, 3.63) is 24.3 Å². The summed E-state index contributed by atoms with van der Waals surface area (Å²) < 4.78 is 5.50. The molecule has 1 amide bonds. The third-order valence-electron chi connectivity index (χ3n) is 2.97. The van der Waals surface area contributed by atoms with Gasteiger partial charge in [0.1, 0.15) is 24.4 Å². The van der Waals surface area contributed by atoms with Gasteiger partial charge >= 0.3 is 5.91 Å². The highest BCUT2D eigenvalue weighted by Crippen LogP contribution is 2.30. The maximum absolute atomic E-state index is 11.4. The number of carbonyl (C=O) groups excluding carboxylic acids is 1. The molecule has 3 heteroatoms. The van der Waals surface area contributed by atoms with Gasteiger partial charge in [0, 0.05) is 12.1 Å². The van der Waals surface area contributed by atoms with E-state index in [1.165, 1.54) is 0 Å². The molecule has 0 spiro atoms. The van der Waals surface area contributed by atoms with Crippen LogP contribution in [0.15, 0.2) is 24.3 Å². The van der Waals surface area contributed by atoms with E-state index < -0.39 is 0 Å². The van der Waals surface area contributed by atoms with Gasteiger partial charge in [0.2, 0.25) is 0 Å². The van der Waals surface area contributed by atoms with Gasteiger partial charge in [-0.25, -0.2) is 9.28 Å². The monoisotopic (exact) mass is 192 g/mol. The molecule has 1 saturated heterocycles. The summed E-state index contributed by atoms with van der Waals surface area (Å²) in [6, 6.07) is 7.70. The second-order valence-electron chi connectivity index (χ2n) is 3.76. The lowest BCUT2D eigenvalue weighted by atomic mass is 10.1. The van der Waals surface area contributed by atoms with Gasteiger partial charge in [-0.2, -0.15) is 0 Å². The molecule has 3 nitrogen and oxygen atoms in total. The number of amides is 1. The van der Waals surface area contributed by atoms with E-state index in [4.69, 9.17) is 4.74 Å². The van der Waals surface area contributed by atoms with E-state index in [0.717, 1.165) is 18.0 Å². The molecule has 0 aliphatic carbocycles. The van der Waals surface area contributed by atoms with Crippen LogP contribution in [0.25, 0.3) is 0 Å². The second-order valence-corrected chi connectivity index (χ2v) is 3.76. The van der Waals surface area contributed by atoms with Crippen molar-refractivity contribution >= 4 is 11.6 Å². The first kappa shape index (κ1) is 9.21. The van der Waals surface area contributed by atoms with Crippen molar-refractivity contribution in [2.45, 2.75) is 6.42 Å². The lowest BCUT2D eigenvalue weighted by Gasteiger charge is -2.38. The van der Waals surface area contributed by atoms with Crippen LogP contribution < -0.4 is 9.22 Å². The first-order valence-corrected chi connectivity index (χ1v) is 4.70. The van der Waals surface area contributed by atoms with Crippen LogP contribution in [-0.2, 0) is 4.79 Å². The van der Waals surface area contributed by atoms with Crippen molar-refractivity contribution < 1.29 is 9.53 Å². The number of β-lactam (4-membered cyclic amide) rings is 1. The molecule has 0 saturated carbocycles. The highest BCUT2D eigenvalue weighted by Gasteiger charge is 2.43. The van der Waals surface area contributed by atoms with E-state index in [1.54, 1.807) is 7.11 Å². The van der Waals surface area contributed by atoms with Crippen molar-refractivity contribution in [3.63, 3.8) is 0 Å². The van der Waals surface area contributed by atoms with Gasteiger partial charge in [-0.05, 0) is 12.1 Å². The molecule has 0 aromatic heterocycles. The fourth-order valence-corrected chi connectivity index (χ4v) is 1.72. The zero-order valence-electron chi connectivity index (χ0n) is 8.49. The Kier molecular flexibility index (Phi) is 2.04. The van der Waals surface area contributed by atoms with Gasteiger partial charge < -0.3 is 4.74 Å². The first-order valence-electron chi connectivity index (χ1n) is 4.70. The van der Waals surface area contributed by atoms with Crippen LogP contribution in [0.4, 0.5) is 5.69 Å². The molecule has 1 unspecified atom stereocenters. The van der Waals surface area contributed by atoms with E-state index in [2.05, 4.69) is 0 Å². The third-order valence-corrected chi connectivity index (χ3v) is 2.97. The third kappa shape index (κ3) is 1.21. The summed E-state index contributed by atoms with van der Waals surface area (Å²) >= 11 is 0. The largest absolute Gasteiger partial charge is 0.497 e. The number of hydrogen-bond acceptors (Lipinski definition) is 2. The quantitative estimate of drug-likeness (QED) is 0.525. The highest BCUT2D eigenvalue weighted by atomic mass is 16.5. The molecule has 14 heavy (non-hydrogen) atoms. The van der Waals surface area contributed by atoms with Crippen molar-refractivity contribution in [1.29, 1.82) is 0 Å². The molecule has 0 N–H and O–H groups in total. The predicted octanol–water partition coefficient (Wildman–Crippen LogP) is 1.56. The molecule has 1 aliphatic heterocycles. The normalized spacial score (nSPS) is 25.7. The molecule has 0 bridgehead atoms. The zero-order valence-corrected chi connectivity index (χ0v) is 8.49. The number of hydrogen-bond donors (Lipinski definition) is 0. The Labute approximate surface area is 83.5 Å². The molecule has 0 radical (unpaired) electrons. The summed E-state index contributed by atoms with van der Waals surface area (Å²) in [6.07, 6.45) is 0.697.